The Morgan fingerprint density at radius 3 is 3.04 bits per heavy atom. The van der Waals surface area contributed by atoms with E-state index in [2.05, 4.69) is 42.4 Å². The number of nitrogens with zero attached hydrogens (tertiary/aromatic N) is 5. The van der Waals surface area contributed by atoms with Crippen LogP contribution in [0.15, 0.2) is 10.9 Å². The molecule has 0 spiro atoms. The van der Waals surface area contributed by atoms with Crippen molar-refractivity contribution in [3.63, 3.8) is 0 Å². The maximum Gasteiger partial charge on any atom is 0.280 e. The molecule has 0 bridgehead atoms. The summed E-state index contributed by atoms with van der Waals surface area (Å²) in [6, 6.07) is 0.493. The van der Waals surface area contributed by atoms with Crippen molar-refractivity contribution < 1.29 is 4.52 Å². The molecular formula is C17H23N7O. The minimum absolute atomic E-state index is 0.307. The molecule has 2 N–H and O–H groups in total. The highest BCUT2D eigenvalue weighted by Crippen LogP contribution is 2.48. The van der Waals surface area contributed by atoms with Crippen LogP contribution in [0, 0.1) is 11.8 Å². The van der Waals surface area contributed by atoms with Crippen molar-refractivity contribution in [2.75, 3.05) is 11.7 Å². The van der Waals surface area contributed by atoms with Crippen LogP contribution in [0.4, 0.5) is 5.82 Å². The first-order valence-corrected chi connectivity index (χ1v) is 9.46. The fraction of sp³-hybridized carbons (Fsp3) is 0.706. The molecule has 4 aliphatic rings. The third-order valence-corrected chi connectivity index (χ3v) is 6.31. The van der Waals surface area contributed by atoms with Crippen molar-refractivity contribution >= 4 is 5.82 Å². The summed E-state index contributed by atoms with van der Waals surface area (Å²) in [4.78, 5) is 9.31. The summed E-state index contributed by atoms with van der Waals surface area (Å²) in [7, 11) is 0. The van der Waals surface area contributed by atoms with Crippen LogP contribution in [-0.4, -0.2) is 32.5 Å². The van der Waals surface area contributed by atoms with Gasteiger partial charge in [-0.3, -0.25) is 10.3 Å². The van der Waals surface area contributed by atoms with Gasteiger partial charge < -0.3 is 9.09 Å². The van der Waals surface area contributed by atoms with Gasteiger partial charge in [-0.25, -0.2) is 10.4 Å². The molecular weight excluding hydrogens is 318 g/mol. The van der Waals surface area contributed by atoms with Crippen LogP contribution in [0.2, 0.25) is 0 Å². The second-order valence-corrected chi connectivity index (χ2v) is 8.06. The van der Waals surface area contributed by atoms with E-state index in [0.29, 0.717) is 29.9 Å². The third-order valence-electron chi connectivity index (χ3n) is 6.31. The van der Waals surface area contributed by atoms with E-state index < -0.39 is 0 Å². The molecule has 1 saturated heterocycles. The zero-order valence-electron chi connectivity index (χ0n) is 14.4. The number of hydrogen-bond donors (Lipinski definition) is 2. The van der Waals surface area contributed by atoms with Crippen molar-refractivity contribution in [1.82, 2.24) is 30.4 Å². The summed E-state index contributed by atoms with van der Waals surface area (Å²) in [5.74, 6) is 4.31. The van der Waals surface area contributed by atoms with Gasteiger partial charge in [0.25, 0.3) is 5.89 Å². The maximum atomic E-state index is 5.57. The summed E-state index contributed by atoms with van der Waals surface area (Å²) in [5, 5.41) is 10.0. The molecule has 2 aliphatic heterocycles. The predicted molar refractivity (Wildman–Crippen MR) is 90.4 cm³/mol. The van der Waals surface area contributed by atoms with E-state index in [1.807, 2.05) is 6.33 Å². The second-order valence-electron chi connectivity index (χ2n) is 8.06. The Kier molecular flexibility index (Phi) is 2.88. The van der Waals surface area contributed by atoms with Gasteiger partial charge in [0.05, 0.1) is 13.0 Å². The zero-order valence-corrected chi connectivity index (χ0v) is 14.4. The van der Waals surface area contributed by atoms with Crippen LogP contribution >= 0.6 is 0 Å². The molecule has 8 nitrogen and oxygen atoms in total. The highest BCUT2D eigenvalue weighted by Gasteiger charge is 2.47. The summed E-state index contributed by atoms with van der Waals surface area (Å²) in [5.41, 5.74) is 4.28. The largest absolute Gasteiger partial charge is 0.332 e. The average Bonchev–Trinajstić information content (AvgIpc) is 3.04. The number of anilines is 1. The molecule has 25 heavy (non-hydrogen) atoms. The van der Waals surface area contributed by atoms with E-state index in [9.17, 15) is 0 Å². The summed E-state index contributed by atoms with van der Waals surface area (Å²) >= 11 is 0. The molecule has 3 fully saturated rings. The SMILES string of the molecule is CC1CCC2C(C1)C1NCNN1c1c(-c3nc(C4CC4)no3)ncn12. The van der Waals surface area contributed by atoms with Gasteiger partial charge in [-0.1, -0.05) is 12.1 Å². The monoisotopic (exact) mass is 341 g/mol. The normalized spacial score (nSPS) is 33.9. The highest BCUT2D eigenvalue weighted by atomic mass is 16.5. The standard InChI is InChI=1S/C17H23N7O/c1-9-2-5-12-11(6-9)15-18-7-20-24(15)17-13(19-8-23(12)17)16-21-14(22-25-16)10-3-4-10/h8-12,15,18,20H,2-7H2,1H3. The molecule has 2 saturated carbocycles. The minimum Gasteiger partial charge on any atom is -0.332 e. The maximum absolute atomic E-state index is 5.57. The quantitative estimate of drug-likeness (QED) is 0.864. The molecule has 8 heteroatoms. The van der Waals surface area contributed by atoms with Gasteiger partial charge >= 0.3 is 0 Å². The first-order valence-electron chi connectivity index (χ1n) is 9.46. The third kappa shape index (κ3) is 2.04. The lowest BCUT2D eigenvalue weighted by Crippen LogP contribution is -2.54. The van der Waals surface area contributed by atoms with E-state index in [-0.39, 0.29) is 0 Å². The Bertz CT molecular complexity index is 810. The van der Waals surface area contributed by atoms with E-state index >= 15 is 0 Å². The van der Waals surface area contributed by atoms with E-state index in [4.69, 9.17) is 4.52 Å². The molecule has 0 amide bonds. The first-order chi connectivity index (χ1) is 12.3. The fourth-order valence-corrected chi connectivity index (χ4v) is 4.89. The summed E-state index contributed by atoms with van der Waals surface area (Å²) in [6.07, 6.45) is 8.35. The van der Waals surface area contributed by atoms with Crippen molar-refractivity contribution in [3.05, 3.63) is 12.2 Å². The zero-order chi connectivity index (χ0) is 16.5. The molecule has 6 rings (SSSR count). The summed E-state index contributed by atoms with van der Waals surface area (Å²) in [6.45, 7) is 3.15. The molecule has 2 aliphatic carbocycles. The highest BCUT2D eigenvalue weighted by molar-refractivity contribution is 5.68. The van der Waals surface area contributed by atoms with Crippen molar-refractivity contribution in [3.8, 4) is 11.6 Å². The van der Waals surface area contributed by atoms with Crippen LogP contribution < -0.4 is 15.8 Å². The smallest absolute Gasteiger partial charge is 0.280 e. The second kappa shape index (κ2) is 5.04. The number of rotatable bonds is 2. The molecule has 4 unspecified atom stereocenters. The number of hydrogen-bond acceptors (Lipinski definition) is 7. The Hall–Kier alpha value is -1.93. The fourth-order valence-electron chi connectivity index (χ4n) is 4.89. The Morgan fingerprint density at radius 2 is 2.16 bits per heavy atom. The number of nitrogens with one attached hydrogen (secondary N) is 2. The van der Waals surface area contributed by atoms with Gasteiger partial charge in [-0.05, 0) is 38.0 Å². The van der Waals surface area contributed by atoms with E-state index in [1.54, 1.807) is 0 Å². The molecule has 4 heterocycles. The molecule has 0 radical (unpaired) electrons. The van der Waals surface area contributed by atoms with Gasteiger partial charge in [0.1, 0.15) is 6.17 Å². The molecule has 4 atom stereocenters. The Morgan fingerprint density at radius 1 is 1.24 bits per heavy atom. The minimum atomic E-state index is 0.307. The molecule has 2 aromatic heterocycles. The number of imidazole rings is 1. The van der Waals surface area contributed by atoms with Gasteiger partial charge in [0.15, 0.2) is 17.3 Å². The lowest BCUT2D eigenvalue weighted by molar-refractivity contribution is 0.140. The first kappa shape index (κ1) is 14.3. The Balaban J connectivity index is 1.45. The van der Waals surface area contributed by atoms with Gasteiger partial charge in [-0.2, -0.15) is 4.98 Å². The summed E-state index contributed by atoms with van der Waals surface area (Å²) < 4.78 is 7.90. The van der Waals surface area contributed by atoms with Gasteiger partial charge in [0, 0.05) is 17.9 Å². The average molecular weight is 341 g/mol. The number of hydrazine groups is 1. The van der Waals surface area contributed by atoms with Gasteiger partial charge in [-0.15, -0.1) is 0 Å². The van der Waals surface area contributed by atoms with E-state index in [0.717, 1.165) is 29.9 Å². The topological polar surface area (TPSA) is 84.0 Å². The predicted octanol–water partition coefficient (Wildman–Crippen LogP) is 2.00. The van der Waals surface area contributed by atoms with Crippen LogP contribution in [0.1, 0.15) is 56.8 Å². The molecule has 0 aromatic carbocycles. The van der Waals surface area contributed by atoms with Crippen molar-refractivity contribution in [2.24, 2.45) is 11.8 Å². The van der Waals surface area contributed by atoms with Crippen molar-refractivity contribution in [1.29, 1.82) is 0 Å². The lowest BCUT2D eigenvalue weighted by atomic mass is 9.76. The molecule has 2 aromatic rings. The van der Waals surface area contributed by atoms with Crippen LogP contribution in [0.25, 0.3) is 11.6 Å². The molecule has 132 valence electrons. The van der Waals surface area contributed by atoms with Crippen molar-refractivity contribution in [2.45, 2.75) is 57.2 Å². The van der Waals surface area contributed by atoms with E-state index in [1.165, 1.54) is 32.1 Å². The van der Waals surface area contributed by atoms with Crippen LogP contribution in [-0.2, 0) is 0 Å². The number of aromatic nitrogens is 4. The lowest BCUT2D eigenvalue weighted by Gasteiger charge is -2.46. The van der Waals surface area contributed by atoms with Crippen LogP contribution in [0.3, 0.4) is 0 Å². The number of fused-ring (bicyclic) bond motifs is 6. The van der Waals surface area contributed by atoms with Crippen LogP contribution in [0.5, 0.6) is 0 Å². The Labute approximate surface area is 145 Å². The van der Waals surface area contributed by atoms with Gasteiger partial charge in [0.2, 0.25) is 0 Å².